The third-order valence-corrected chi connectivity index (χ3v) is 4.05. The maximum Gasteiger partial charge on any atom is 0.0570 e. The molecule has 0 spiro atoms. The highest BCUT2D eigenvalue weighted by Crippen LogP contribution is 2.32. The van der Waals surface area contributed by atoms with Crippen molar-refractivity contribution < 1.29 is 0 Å². The lowest BCUT2D eigenvalue weighted by Gasteiger charge is -2.19. The summed E-state index contributed by atoms with van der Waals surface area (Å²) >= 11 is 7.76. The quantitative estimate of drug-likeness (QED) is 0.593. The van der Waals surface area contributed by atoms with Gasteiger partial charge in [-0.25, -0.2) is 0 Å². The van der Waals surface area contributed by atoms with E-state index in [9.17, 15) is 0 Å². The van der Waals surface area contributed by atoms with Crippen LogP contribution in [0.2, 0.25) is 5.02 Å². The van der Waals surface area contributed by atoms with Gasteiger partial charge >= 0.3 is 0 Å². The second-order valence-corrected chi connectivity index (χ2v) is 5.34. The first-order valence-electron chi connectivity index (χ1n) is 5.38. The summed E-state index contributed by atoms with van der Waals surface area (Å²) in [7, 11) is 0. The third-order valence-electron chi connectivity index (χ3n) is 2.58. The van der Waals surface area contributed by atoms with Gasteiger partial charge in [-0.1, -0.05) is 38.3 Å². The average molecular weight is 247 g/mol. The van der Waals surface area contributed by atoms with E-state index in [1.165, 1.54) is 12.8 Å². The molecule has 0 aromatic carbocycles. The van der Waals surface area contributed by atoms with Crippen LogP contribution in [0.25, 0.3) is 0 Å². The molecule has 0 radical (unpaired) electrons. The van der Waals surface area contributed by atoms with Crippen molar-refractivity contribution in [2.75, 3.05) is 0 Å². The molecule has 0 saturated carbocycles. The zero-order valence-corrected chi connectivity index (χ0v) is 10.9. The molecule has 2 unspecified atom stereocenters. The zero-order chi connectivity index (χ0) is 11.3. The Labute approximate surface area is 101 Å². The Bertz CT molecular complexity index is 288. The predicted octanol–water partition coefficient (Wildman–Crippen LogP) is 3.73. The highest BCUT2D eigenvalue weighted by molar-refractivity contribution is 7.10. The van der Waals surface area contributed by atoms with E-state index in [0.29, 0.717) is 5.92 Å². The maximum atomic E-state index is 6.09. The van der Waals surface area contributed by atoms with E-state index in [-0.39, 0.29) is 6.04 Å². The van der Waals surface area contributed by atoms with Crippen molar-refractivity contribution in [2.45, 2.75) is 39.2 Å². The van der Waals surface area contributed by atoms with Gasteiger partial charge in [-0.15, -0.1) is 11.3 Å². The van der Waals surface area contributed by atoms with Crippen molar-refractivity contribution in [2.24, 2.45) is 11.8 Å². The highest BCUT2D eigenvalue weighted by Gasteiger charge is 2.17. The normalized spacial score (nSPS) is 15.2. The van der Waals surface area contributed by atoms with Gasteiger partial charge in [-0.3, -0.25) is 11.3 Å². The van der Waals surface area contributed by atoms with Crippen LogP contribution in [0.3, 0.4) is 0 Å². The molecule has 1 rings (SSSR count). The molecule has 3 N–H and O–H groups in total. The summed E-state index contributed by atoms with van der Waals surface area (Å²) in [4.78, 5) is 1.15. The van der Waals surface area contributed by atoms with Crippen molar-refractivity contribution in [3.63, 3.8) is 0 Å². The van der Waals surface area contributed by atoms with Gasteiger partial charge in [-0.2, -0.15) is 0 Å². The molecule has 0 bridgehead atoms. The molecule has 1 aromatic heterocycles. The van der Waals surface area contributed by atoms with Crippen LogP contribution in [0.4, 0.5) is 0 Å². The first-order chi connectivity index (χ1) is 7.19. The van der Waals surface area contributed by atoms with E-state index in [4.69, 9.17) is 17.4 Å². The van der Waals surface area contributed by atoms with Crippen molar-refractivity contribution in [3.05, 3.63) is 21.3 Å². The van der Waals surface area contributed by atoms with Gasteiger partial charge in [0.2, 0.25) is 0 Å². The summed E-state index contributed by atoms with van der Waals surface area (Å²) in [6.07, 6.45) is 3.50. The van der Waals surface area contributed by atoms with Gasteiger partial charge in [0, 0.05) is 4.88 Å². The standard InChI is InChI=1S/C11H19ClN2S/c1-3-4-8(2)7-10(14-13)11-9(12)5-6-15-11/h5-6,8,10,14H,3-4,7,13H2,1-2H3. The van der Waals surface area contributed by atoms with E-state index in [0.717, 1.165) is 16.3 Å². The number of halogens is 1. The molecule has 0 aliphatic heterocycles. The molecule has 0 amide bonds. The summed E-state index contributed by atoms with van der Waals surface area (Å²) in [6, 6.07) is 2.12. The monoisotopic (exact) mass is 246 g/mol. The summed E-state index contributed by atoms with van der Waals surface area (Å²) in [5.74, 6) is 6.25. The van der Waals surface area contributed by atoms with Gasteiger partial charge < -0.3 is 0 Å². The number of rotatable bonds is 6. The third kappa shape index (κ3) is 3.76. The zero-order valence-electron chi connectivity index (χ0n) is 9.29. The first kappa shape index (κ1) is 13.0. The molecule has 4 heteroatoms. The fourth-order valence-electron chi connectivity index (χ4n) is 1.82. The summed E-state index contributed by atoms with van der Waals surface area (Å²) < 4.78 is 0. The Hall–Kier alpha value is -0.0900. The van der Waals surface area contributed by atoms with Gasteiger partial charge in [0.05, 0.1) is 11.1 Å². The van der Waals surface area contributed by atoms with Gasteiger partial charge in [0.15, 0.2) is 0 Å². The fraction of sp³-hybridized carbons (Fsp3) is 0.636. The van der Waals surface area contributed by atoms with Gasteiger partial charge in [-0.05, 0) is 23.8 Å². The SMILES string of the molecule is CCCC(C)CC(NN)c1sccc1Cl. The molecular weight excluding hydrogens is 228 g/mol. The lowest BCUT2D eigenvalue weighted by molar-refractivity contribution is 0.398. The molecule has 2 nitrogen and oxygen atoms in total. The number of hydrazine groups is 1. The summed E-state index contributed by atoms with van der Waals surface area (Å²) in [5, 5.41) is 2.83. The Morgan fingerprint density at radius 3 is 2.80 bits per heavy atom. The van der Waals surface area contributed by atoms with Crippen LogP contribution in [0.15, 0.2) is 11.4 Å². The van der Waals surface area contributed by atoms with Crippen LogP contribution >= 0.6 is 22.9 Å². The second-order valence-electron chi connectivity index (χ2n) is 3.98. The van der Waals surface area contributed by atoms with Gasteiger partial charge in [0.1, 0.15) is 0 Å². The topological polar surface area (TPSA) is 38.0 Å². The second kappa shape index (κ2) is 6.48. The smallest absolute Gasteiger partial charge is 0.0570 e. The number of nitrogens with two attached hydrogens (primary N) is 1. The molecule has 0 fully saturated rings. The minimum atomic E-state index is 0.194. The number of hydrogen-bond donors (Lipinski definition) is 2. The lowest BCUT2D eigenvalue weighted by atomic mass is 9.97. The Balaban J connectivity index is 2.60. The Morgan fingerprint density at radius 1 is 1.60 bits per heavy atom. The van der Waals surface area contributed by atoms with E-state index in [1.54, 1.807) is 11.3 Å². The van der Waals surface area contributed by atoms with Crippen molar-refractivity contribution in [1.29, 1.82) is 0 Å². The molecule has 1 aromatic rings. The van der Waals surface area contributed by atoms with Crippen molar-refractivity contribution in [3.8, 4) is 0 Å². The lowest BCUT2D eigenvalue weighted by Crippen LogP contribution is -2.28. The summed E-state index contributed by atoms with van der Waals surface area (Å²) in [6.45, 7) is 4.47. The summed E-state index contributed by atoms with van der Waals surface area (Å²) in [5.41, 5.74) is 2.86. The van der Waals surface area contributed by atoms with E-state index in [2.05, 4.69) is 19.3 Å². The molecular formula is C11H19ClN2S. The molecule has 0 aliphatic rings. The maximum absolute atomic E-state index is 6.09. The Kier molecular flexibility index (Phi) is 5.61. The minimum absolute atomic E-state index is 0.194. The van der Waals surface area contributed by atoms with Crippen LogP contribution in [0, 0.1) is 5.92 Å². The van der Waals surface area contributed by atoms with Gasteiger partial charge in [0.25, 0.3) is 0 Å². The predicted molar refractivity (Wildman–Crippen MR) is 68.1 cm³/mol. The van der Waals surface area contributed by atoms with Crippen molar-refractivity contribution >= 4 is 22.9 Å². The molecule has 86 valence electrons. The number of thiophene rings is 1. The van der Waals surface area contributed by atoms with Crippen LogP contribution < -0.4 is 11.3 Å². The minimum Gasteiger partial charge on any atom is -0.271 e. The first-order valence-corrected chi connectivity index (χ1v) is 6.63. The Morgan fingerprint density at radius 2 is 2.33 bits per heavy atom. The van der Waals surface area contributed by atoms with E-state index in [1.807, 2.05) is 11.4 Å². The van der Waals surface area contributed by atoms with Crippen LogP contribution in [0.5, 0.6) is 0 Å². The highest BCUT2D eigenvalue weighted by atomic mass is 35.5. The average Bonchev–Trinajstić information content (AvgIpc) is 2.61. The number of nitrogens with one attached hydrogen (secondary N) is 1. The number of hydrogen-bond acceptors (Lipinski definition) is 3. The molecule has 0 saturated heterocycles. The molecule has 2 atom stereocenters. The van der Waals surface area contributed by atoms with Crippen LogP contribution in [-0.4, -0.2) is 0 Å². The van der Waals surface area contributed by atoms with E-state index >= 15 is 0 Å². The molecule has 15 heavy (non-hydrogen) atoms. The molecule has 1 heterocycles. The largest absolute Gasteiger partial charge is 0.271 e. The fourth-order valence-corrected chi connectivity index (χ4v) is 3.08. The van der Waals surface area contributed by atoms with Crippen molar-refractivity contribution in [1.82, 2.24) is 5.43 Å². The van der Waals surface area contributed by atoms with E-state index < -0.39 is 0 Å². The van der Waals surface area contributed by atoms with Crippen LogP contribution in [0.1, 0.15) is 44.0 Å². The molecule has 0 aliphatic carbocycles. The van der Waals surface area contributed by atoms with Crippen LogP contribution in [-0.2, 0) is 0 Å².